The molecule has 0 atom stereocenters. The molecule has 1 aromatic rings. The van der Waals surface area contributed by atoms with E-state index in [0.29, 0.717) is 15.6 Å². The summed E-state index contributed by atoms with van der Waals surface area (Å²) in [7, 11) is 0. The lowest BCUT2D eigenvalue weighted by atomic mass is 10.1. The molecule has 0 aliphatic rings. The van der Waals surface area contributed by atoms with Crippen molar-refractivity contribution >= 4 is 47.2 Å². The summed E-state index contributed by atoms with van der Waals surface area (Å²) in [5, 5.41) is 5.36. The highest BCUT2D eigenvalue weighted by molar-refractivity contribution is 6.42. The fraction of sp³-hybridized carbons (Fsp3) is 0.312. The number of amides is 3. The van der Waals surface area contributed by atoms with Crippen molar-refractivity contribution in [3.8, 4) is 0 Å². The highest BCUT2D eigenvalue weighted by Crippen LogP contribution is 2.23. The van der Waals surface area contributed by atoms with E-state index in [1.807, 2.05) is 0 Å². The Morgan fingerprint density at radius 1 is 1.17 bits per heavy atom. The number of rotatable bonds is 4. The predicted molar refractivity (Wildman–Crippen MR) is 92.9 cm³/mol. The quantitative estimate of drug-likeness (QED) is 0.627. The van der Waals surface area contributed by atoms with Crippen molar-refractivity contribution in [1.82, 2.24) is 10.6 Å². The molecule has 0 aliphatic carbocycles. The maximum atomic E-state index is 11.5. The van der Waals surface area contributed by atoms with Crippen LogP contribution in [0.5, 0.6) is 0 Å². The molecule has 2 N–H and O–H groups in total. The first-order chi connectivity index (χ1) is 11.1. The van der Waals surface area contributed by atoms with E-state index in [1.54, 1.807) is 39.0 Å². The van der Waals surface area contributed by atoms with Gasteiger partial charge in [-0.1, -0.05) is 29.3 Å². The number of imide groups is 1. The average Bonchev–Trinajstić information content (AvgIpc) is 2.44. The van der Waals surface area contributed by atoms with Crippen molar-refractivity contribution in [1.29, 1.82) is 0 Å². The maximum absolute atomic E-state index is 11.5. The van der Waals surface area contributed by atoms with Crippen molar-refractivity contribution < 1.29 is 19.1 Å². The van der Waals surface area contributed by atoms with E-state index in [-0.39, 0.29) is 0 Å². The van der Waals surface area contributed by atoms with Gasteiger partial charge in [0.15, 0.2) is 6.61 Å². The second kappa shape index (κ2) is 8.70. The Labute approximate surface area is 150 Å². The fourth-order valence-electron chi connectivity index (χ4n) is 1.50. The van der Waals surface area contributed by atoms with Gasteiger partial charge in [-0.2, -0.15) is 0 Å². The smallest absolute Gasteiger partial charge is 0.331 e. The summed E-state index contributed by atoms with van der Waals surface area (Å²) in [6.07, 6.45) is 2.61. The lowest BCUT2D eigenvalue weighted by Gasteiger charge is -2.20. The first-order valence-corrected chi connectivity index (χ1v) is 7.74. The first-order valence-electron chi connectivity index (χ1n) is 6.99. The van der Waals surface area contributed by atoms with Crippen molar-refractivity contribution in [3.05, 3.63) is 39.9 Å². The molecule has 1 aromatic carbocycles. The maximum Gasteiger partial charge on any atom is 0.331 e. The van der Waals surface area contributed by atoms with Gasteiger partial charge in [-0.3, -0.25) is 10.1 Å². The van der Waals surface area contributed by atoms with E-state index < -0.39 is 30.1 Å². The molecule has 130 valence electrons. The zero-order valence-corrected chi connectivity index (χ0v) is 15.0. The van der Waals surface area contributed by atoms with Crippen LogP contribution in [0.2, 0.25) is 10.0 Å². The number of nitrogens with one attached hydrogen (secondary N) is 2. The van der Waals surface area contributed by atoms with E-state index in [9.17, 15) is 14.4 Å². The minimum Gasteiger partial charge on any atom is -0.452 e. The molecule has 0 spiro atoms. The Hall–Kier alpha value is -2.05. The first kappa shape index (κ1) is 20.0. The van der Waals surface area contributed by atoms with Crippen LogP contribution in [0, 0.1) is 0 Å². The standard InChI is InChI=1S/C16H18Cl2N2O4/c1-16(2,3)20-15(23)19-13(21)9-24-14(22)7-5-10-4-6-11(17)12(18)8-10/h4-8H,9H2,1-3H3,(H2,19,20,21,23)/b7-5+. The normalized spacial score (nSPS) is 11.2. The van der Waals surface area contributed by atoms with Crippen molar-refractivity contribution in [2.45, 2.75) is 26.3 Å². The van der Waals surface area contributed by atoms with Crippen LogP contribution in [-0.2, 0) is 14.3 Å². The molecule has 6 nitrogen and oxygen atoms in total. The van der Waals surface area contributed by atoms with E-state index in [1.165, 1.54) is 6.08 Å². The molecule has 0 saturated heterocycles. The molecule has 0 aliphatic heterocycles. The molecule has 0 aromatic heterocycles. The largest absolute Gasteiger partial charge is 0.452 e. The number of carbonyl (C=O) groups excluding carboxylic acids is 3. The summed E-state index contributed by atoms with van der Waals surface area (Å²) < 4.78 is 4.73. The van der Waals surface area contributed by atoms with Crippen LogP contribution in [0.1, 0.15) is 26.3 Å². The summed E-state index contributed by atoms with van der Waals surface area (Å²) in [6.45, 7) is 4.74. The molecular formula is C16H18Cl2N2O4. The van der Waals surface area contributed by atoms with Gasteiger partial charge in [-0.05, 0) is 44.5 Å². The van der Waals surface area contributed by atoms with Gasteiger partial charge in [0, 0.05) is 11.6 Å². The van der Waals surface area contributed by atoms with Crippen LogP contribution in [0.25, 0.3) is 6.08 Å². The number of hydrogen-bond acceptors (Lipinski definition) is 4. The van der Waals surface area contributed by atoms with Crippen LogP contribution in [0.15, 0.2) is 24.3 Å². The number of benzene rings is 1. The third-order valence-corrected chi connectivity index (χ3v) is 3.18. The second-order valence-electron chi connectivity index (χ2n) is 5.87. The van der Waals surface area contributed by atoms with Crippen molar-refractivity contribution in [3.63, 3.8) is 0 Å². The van der Waals surface area contributed by atoms with Crippen molar-refractivity contribution in [2.75, 3.05) is 6.61 Å². The van der Waals surface area contributed by atoms with Gasteiger partial charge in [0.1, 0.15) is 0 Å². The van der Waals surface area contributed by atoms with Crippen LogP contribution in [-0.4, -0.2) is 30.1 Å². The zero-order valence-electron chi connectivity index (χ0n) is 13.5. The molecule has 0 saturated carbocycles. The Balaban J connectivity index is 2.42. The van der Waals surface area contributed by atoms with Gasteiger partial charge in [0.05, 0.1) is 10.0 Å². The van der Waals surface area contributed by atoms with Crippen molar-refractivity contribution in [2.24, 2.45) is 0 Å². The lowest BCUT2D eigenvalue weighted by molar-refractivity contribution is -0.143. The Morgan fingerprint density at radius 2 is 1.83 bits per heavy atom. The van der Waals surface area contributed by atoms with Crippen LogP contribution < -0.4 is 10.6 Å². The third-order valence-electron chi connectivity index (χ3n) is 2.44. The Bertz CT molecular complexity index is 667. The SMILES string of the molecule is CC(C)(C)NC(=O)NC(=O)COC(=O)/C=C/c1ccc(Cl)c(Cl)c1. The number of urea groups is 1. The molecule has 8 heteroatoms. The molecule has 0 fully saturated rings. The number of ether oxygens (including phenoxy) is 1. The monoisotopic (exact) mass is 372 g/mol. The Kier molecular flexibility index (Phi) is 7.25. The van der Waals surface area contributed by atoms with E-state index >= 15 is 0 Å². The second-order valence-corrected chi connectivity index (χ2v) is 6.68. The van der Waals surface area contributed by atoms with Crippen LogP contribution in [0.3, 0.4) is 0 Å². The van der Waals surface area contributed by atoms with Gasteiger partial charge in [-0.25, -0.2) is 9.59 Å². The summed E-state index contributed by atoms with van der Waals surface area (Å²) in [4.78, 5) is 34.5. The predicted octanol–water partition coefficient (Wildman–Crippen LogP) is 3.17. The fourth-order valence-corrected chi connectivity index (χ4v) is 1.81. The lowest BCUT2D eigenvalue weighted by Crippen LogP contribution is -2.49. The van der Waals surface area contributed by atoms with Gasteiger partial charge >= 0.3 is 12.0 Å². The molecule has 24 heavy (non-hydrogen) atoms. The zero-order chi connectivity index (χ0) is 18.3. The molecule has 0 heterocycles. The highest BCUT2D eigenvalue weighted by Gasteiger charge is 2.16. The average molecular weight is 373 g/mol. The summed E-state index contributed by atoms with van der Waals surface area (Å²) in [6, 6.07) is 4.18. The van der Waals surface area contributed by atoms with Crippen LogP contribution >= 0.6 is 23.2 Å². The third kappa shape index (κ3) is 7.99. The van der Waals surface area contributed by atoms with E-state index in [4.69, 9.17) is 27.9 Å². The number of carbonyl (C=O) groups is 3. The van der Waals surface area contributed by atoms with Gasteiger partial charge < -0.3 is 10.1 Å². The van der Waals surface area contributed by atoms with Gasteiger partial charge in [0.25, 0.3) is 5.91 Å². The highest BCUT2D eigenvalue weighted by atomic mass is 35.5. The Morgan fingerprint density at radius 3 is 2.42 bits per heavy atom. The number of halogens is 2. The summed E-state index contributed by atoms with van der Waals surface area (Å²) in [5.41, 5.74) is 0.166. The van der Waals surface area contributed by atoms with Crippen LogP contribution in [0.4, 0.5) is 4.79 Å². The molecule has 0 radical (unpaired) electrons. The van der Waals surface area contributed by atoms with Gasteiger partial charge in [0.2, 0.25) is 0 Å². The summed E-state index contributed by atoms with van der Waals surface area (Å²) >= 11 is 11.6. The molecule has 1 rings (SSSR count). The topological polar surface area (TPSA) is 84.5 Å². The van der Waals surface area contributed by atoms with E-state index in [0.717, 1.165) is 6.08 Å². The molecule has 0 bridgehead atoms. The van der Waals surface area contributed by atoms with Gasteiger partial charge in [-0.15, -0.1) is 0 Å². The molecular weight excluding hydrogens is 355 g/mol. The number of hydrogen-bond donors (Lipinski definition) is 2. The molecule has 3 amide bonds. The molecule has 0 unspecified atom stereocenters. The van der Waals surface area contributed by atoms with E-state index in [2.05, 4.69) is 10.6 Å². The minimum absolute atomic E-state index is 0.358. The summed E-state index contributed by atoms with van der Waals surface area (Å²) in [5.74, 6) is -1.46. The number of esters is 1. The minimum atomic E-state index is -0.729.